The van der Waals surface area contributed by atoms with Gasteiger partial charge in [-0.3, -0.25) is 4.79 Å². The molecule has 0 aliphatic heterocycles. The van der Waals surface area contributed by atoms with Gasteiger partial charge in [-0.25, -0.2) is 13.8 Å². The molecule has 0 unspecified atom stereocenters. The third-order valence-corrected chi connectivity index (χ3v) is 1.54. The summed E-state index contributed by atoms with van der Waals surface area (Å²) in [6.45, 7) is 0. The van der Waals surface area contributed by atoms with E-state index < -0.39 is 35.2 Å². The van der Waals surface area contributed by atoms with Crippen molar-refractivity contribution in [3.8, 4) is 5.75 Å². The zero-order valence-electron chi connectivity index (χ0n) is 6.87. The standard InChI is InChI=1S/C7H7F2N3O2/c8-5(9)2-1-3(7(11)14)12-6(10)4(2)13/h1,5,13H,(H2,10,12)(H2,11,14). The number of halogens is 2. The van der Waals surface area contributed by atoms with Crippen molar-refractivity contribution in [3.05, 3.63) is 17.3 Å². The van der Waals surface area contributed by atoms with E-state index in [4.69, 9.17) is 16.6 Å². The maximum atomic E-state index is 12.3. The first-order valence-corrected chi connectivity index (χ1v) is 3.50. The van der Waals surface area contributed by atoms with Crippen molar-refractivity contribution in [2.45, 2.75) is 6.43 Å². The van der Waals surface area contributed by atoms with E-state index in [2.05, 4.69) is 4.98 Å². The summed E-state index contributed by atoms with van der Waals surface area (Å²) in [6, 6.07) is 0.707. The smallest absolute Gasteiger partial charge is 0.267 e. The van der Waals surface area contributed by atoms with E-state index in [9.17, 15) is 13.6 Å². The van der Waals surface area contributed by atoms with Crippen LogP contribution in [-0.4, -0.2) is 16.0 Å². The van der Waals surface area contributed by atoms with Gasteiger partial charge in [0, 0.05) is 0 Å². The predicted molar refractivity (Wildman–Crippen MR) is 43.8 cm³/mol. The number of amides is 1. The number of nitrogens with zero attached hydrogens (tertiary/aromatic N) is 1. The Morgan fingerprint density at radius 1 is 1.57 bits per heavy atom. The molecule has 14 heavy (non-hydrogen) atoms. The molecule has 5 N–H and O–H groups in total. The summed E-state index contributed by atoms with van der Waals surface area (Å²) in [6.07, 6.45) is -2.95. The highest BCUT2D eigenvalue weighted by Crippen LogP contribution is 2.31. The van der Waals surface area contributed by atoms with Gasteiger partial charge in [-0.15, -0.1) is 0 Å². The minimum absolute atomic E-state index is 0.407. The Kier molecular flexibility index (Phi) is 2.50. The van der Waals surface area contributed by atoms with Gasteiger partial charge in [-0.05, 0) is 6.07 Å². The number of carbonyl (C=O) groups excluding carboxylic acids is 1. The van der Waals surface area contributed by atoms with E-state index in [-0.39, 0.29) is 0 Å². The number of carbonyl (C=O) groups is 1. The Morgan fingerprint density at radius 3 is 2.57 bits per heavy atom. The van der Waals surface area contributed by atoms with Gasteiger partial charge in [0.1, 0.15) is 5.69 Å². The molecule has 1 heterocycles. The van der Waals surface area contributed by atoms with E-state index in [0.717, 1.165) is 0 Å². The summed E-state index contributed by atoms with van der Waals surface area (Å²) < 4.78 is 24.5. The Bertz CT molecular complexity index is 381. The maximum Gasteiger partial charge on any atom is 0.267 e. The predicted octanol–water partition coefficient (Wildman–Crippen LogP) is 0.406. The normalized spacial score (nSPS) is 10.5. The highest BCUT2D eigenvalue weighted by Gasteiger charge is 2.19. The molecule has 0 bridgehead atoms. The zero-order valence-corrected chi connectivity index (χ0v) is 6.87. The third-order valence-electron chi connectivity index (χ3n) is 1.54. The van der Waals surface area contributed by atoms with E-state index in [0.29, 0.717) is 6.07 Å². The topological polar surface area (TPSA) is 102 Å². The van der Waals surface area contributed by atoms with Crippen LogP contribution in [0, 0.1) is 0 Å². The van der Waals surface area contributed by atoms with Crippen molar-refractivity contribution in [2.24, 2.45) is 5.73 Å². The number of pyridine rings is 1. The van der Waals surface area contributed by atoms with Crippen LogP contribution in [0.2, 0.25) is 0 Å². The Balaban J connectivity index is 3.35. The number of hydrogen-bond donors (Lipinski definition) is 3. The number of aromatic nitrogens is 1. The molecule has 1 aromatic rings. The number of rotatable bonds is 2. The first kappa shape index (κ1) is 10.2. The summed E-state index contributed by atoms with van der Waals surface area (Å²) in [4.78, 5) is 14.0. The number of aromatic hydroxyl groups is 1. The van der Waals surface area contributed by atoms with Crippen LogP contribution in [0.4, 0.5) is 14.6 Å². The molecule has 0 atom stereocenters. The monoisotopic (exact) mass is 203 g/mol. The number of nitrogens with two attached hydrogens (primary N) is 2. The first-order chi connectivity index (χ1) is 6.43. The van der Waals surface area contributed by atoms with Crippen LogP contribution in [0.1, 0.15) is 22.5 Å². The minimum atomic E-state index is -2.95. The number of alkyl halides is 2. The molecule has 0 aliphatic rings. The average Bonchev–Trinajstić information content (AvgIpc) is 2.08. The van der Waals surface area contributed by atoms with Crippen LogP contribution >= 0.6 is 0 Å². The lowest BCUT2D eigenvalue weighted by molar-refractivity contribution is 0.0995. The van der Waals surface area contributed by atoms with Crippen molar-refractivity contribution in [1.29, 1.82) is 0 Å². The van der Waals surface area contributed by atoms with Gasteiger partial charge >= 0.3 is 0 Å². The highest BCUT2D eigenvalue weighted by molar-refractivity contribution is 5.91. The highest BCUT2D eigenvalue weighted by atomic mass is 19.3. The molecule has 7 heteroatoms. The van der Waals surface area contributed by atoms with Crippen LogP contribution in [-0.2, 0) is 0 Å². The summed E-state index contributed by atoms with van der Waals surface area (Å²) in [7, 11) is 0. The molecule has 0 saturated heterocycles. The van der Waals surface area contributed by atoms with Gasteiger partial charge in [-0.2, -0.15) is 0 Å². The fraction of sp³-hybridized carbons (Fsp3) is 0.143. The second kappa shape index (κ2) is 3.44. The van der Waals surface area contributed by atoms with Crippen LogP contribution in [0.15, 0.2) is 6.07 Å². The molecule has 1 aromatic heterocycles. The van der Waals surface area contributed by atoms with E-state index in [1.807, 2.05) is 0 Å². The number of nitrogen functional groups attached to an aromatic ring is 1. The van der Waals surface area contributed by atoms with Crippen molar-refractivity contribution in [1.82, 2.24) is 4.98 Å². The van der Waals surface area contributed by atoms with Crippen LogP contribution in [0.25, 0.3) is 0 Å². The molecule has 1 rings (SSSR count). The molecular weight excluding hydrogens is 196 g/mol. The lowest BCUT2D eigenvalue weighted by Crippen LogP contribution is -2.14. The van der Waals surface area contributed by atoms with E-state index >= 15 is 0 Å². The third kappa shape index (κ3) is 1.70. The van der Waals surface area contributed by atoms with Crippen molar-refractivity contribution >= 4 is 11.7 Å². The Hall–Kier alpha value is -1.92. The summed E-state index contributed by atoms with van der Waals surface area (Å²) in [5.74, 6) is -2.36. The minimum Gasteiger partial charge on any atom is -0.504 e. The average molecular weight is 203 g/mol. The molecule has 1 amide bonds. The number of primary amides is 1. The van der Waals surface area contributed by atoms with Gasteiger partial charge in [-0.1, -0.05) is 0 Å². The van der Waals surface area contributed by atoms with Crippen LogP contribution < -0.4 is 11.5 Å². The van der Waals surface area contributed by atoms with Crippen molar-refractivity contribution in [2.75, 3.05) is 5.73 Å². The maximum absolute atomic E-state index is 12.3. The van der Waals surface area contributed by atoms with E-state index in [1.165, 1.54) is 0 Å². The van der Waals surface area contributed by atoms with Crippen molar-refractivity contribution < 1.29 is 18.7 Å². The van der Waals surface area contributed by atoms with Gasteiger partial charge in [0.15, 0.2) is 11.6 Å². The Labute approximate surface area is 77.3 Å². The summed E-state index contributed by atoms with van der Waals surface area (Å²) >= 11 is 0. The molecule has 0 fully saturated rings. The molecule has 0 saturated carbocycles. The van der Waals surface area contributed by atoms with Crippen LogP contribution in [0.3, 0.4) is 0 Å². The Morgan fingerprint density at radius 2 is 2.14 bits per heavy atom. The number of hydrogen-bond acceptors (Lipinski definition) is 4. The van der Waals surface area contributed by atoms with Crippen LogP contribution in [0.5, 0.6) is 5.75 Å². The van der Waals surface area contributed by atoms with Gasteiger partial charge in [0.2, 0.25) is 0 Å². The second-order valence-electron chi connectivity index (χ2n) is 2.50. The largest absolute Gasteiger partial charge is 0.504 e. The zero-order chi connectivity index (χ0) is 10.9. The molecule has 5 nitrogen and oxygen atoms in total. The fourth-order valence-corrected chi connectivity index (χ4v) is 0.871. The number of anilines is 1. The molecule has 0 aliphatic carbocycles. The fourth-order valence-electron chi connectivity index (χ4n) is 0.871. The molecule has 0 spiro atoms. The molecule has 0 radical (unpaired) electrons. The lowest BCUT2D eigenvalue weighted by atomic mass is 10.2. The van der Waals surface area contributed by atoms with Gasteiger partial charge in [0.25, 0.3) is 12.3 Å². The van der Waals surface area contributed by atoms with E-state index in [1.54, 1.807) is 0 Å². The first-order valence-electron chi connectivity index (χ1n) is 3.50. The quantitative estimate of drug-likeness (QED) is 0.647. The molecule has 0 aromatic carbocycles. The molecule has 76 valence electrons. The summed E-state index contributed by atoms with van der Waals surface area (Å²) in [5.41, 5.74) is 8.75. The lowest BCUT2D eigenvalue weighted by Gasteiger charge is -2.06. The van der Waals surface area contributed by atoms with Crippen molar-refractivity contribution in [3.63, 3.8) is 0 Å². The second-order valence-corrected chi connectivity index (χ2v) is 2.50. The SMILES string of the molecule is NC(=O)c1cc(C(F)F)c(O)c(N)n1. The van der Waals surface area contributed by atoms with Gasteiger partial charge in [0.05, 0.1) is 5.56 Å². The van der Waals surface area contributed by atoms with Gasteiger partial charge < -0.3 is 16.6 Å². The molecular formula is C7H7F2N3O2. The summed E-state index contributed by atoms with van der Waals surface area (Å²) in [5, 5.41) is 9.05.